The first-order valence-corrected chi connectivity index (χ1v) is 6.33. The molecule has 2 rings (SSSR count). The fourth-order valence-electron chi connectivity index (χ4n) is 1.72. The van der Waals surface area contributed by atoms with Crippen LogP contribution in [0.3, 0.4) is 0 Å². The number of nitrogen functional groups attached to an aromatic ring is 1. The number of rotatable bonds is 4. The normalized spacial score (nSPS) is 10.1. The highest BCUT2D eigenvalue weighted by Gasteiger charge is 2.13. The fraction of sp³-hybridized carbons (Fsp3) is 0.133. The number of nitrogens with two attached hydrogens (primary N) is 1. The van der Waals surface area contributed by atoms with Crippen LogP contribution >= 0.6 is 11.6 Å². The Morgan fingerprint density at radius 1 is 1.25 bits per heavy atom. The van der Waals surface area contributed by atoms with Crippen molar-refractivity contribution in [1.29, 1.82) is 0 Å². The van der Waals surface area contributed by atoms with Crippen molar-refractivity contribution in [3.05, 3.63) is 58.6 Å². The number of carbonyl (C=O) groups is 1. The average Bonchev–Trinajstić information content (AvgIpc) is 2.44. The third-order valence-electron chi connectivity index (χ3n) is 2.69. The number of hydrogen-bond acceptors (Lipinski definition) is 4. The average molecular weight is 292 g/mol. The van der Waals surface area contributed by atoms with Gasteiger partial charge in [-0.1, -0.05) is 23.7 Å². The number of anilines is 1. The second kappa shape index (κ2) is 6.30. The fourth-order valence-corrected chi connectivity index (χ4v) is 1.94. The molecule has 0 aliphatic carbocycles. The summed E-state index contributed by atoms with van der Waals surface area (Å²) in [7, 11) is 1.32. The minimum Gasteiger partial charge on any atom is -0.488 e. The van der Waals surface area contributed by atoms with Gasteiger partial charge in [0.25, 0.3) is 0 Å². The van der Waals surface area contributed by atoms with E-state index in [0.717, 1.165) is 5.56 Å². The number of halogens is 1. The van der Waals surface area contributed by atoms with Gasteiger partial charge in [-0.15, -0.1) is 0 Å². The van der Waals surface area contributed by atoms with E-state index in [1.165, 1.54) is 7.11 Å². The second-order valence-corrected chi connectivity index (χ2v) is 4.60. The summed E-state index contributed by atoms with van der Waals surface area (Å²) in [6, 6.07) is 12.1. The van der Waals surface area contributed by atoms with Crippen molar-refractivity contribution in [2.75, 3.05) is 12.8 Å². The summed E-state index contributed by atoms with van der Waals surface area (Å²) in [6.45, 7) is 0.286. The highest BCUT2D eigenvalue weighted by molar-refractivity contribution is 6.30. The van der Waals surface area contributed by atoms with Gasteiger partial charge < -0.3 is 15.2 Å². The lowest BCUT2D eigenvalue weighted by molar-refractivity contribution is 0.0595. The van der Waals surface area contributed by atoms with Gasteiger partial charge in [-0.2, -0.15) is 0 Å². The number of hydrogen-bond donors (Lipinski definition) is 1. The Kier molecular flexibility index (Phi) is 4.48. The van der Waals surface area contributed by atoms with Crippen molar-refractivity contribution in [2.24, 2.45) is 0 Å². The van der Waals surface area contributed by atoms with Gasteiger partial charge >= 0.3 is 5.97 Å². The molecule has 5 heteroatoms. The first-order chi connectivity index (χ1) is 9.60. The number of ether oxygens (including phenoxy) is 2. The van der Waals surface area contributed by atoms with Crippen LogP contribution < -0.4 is 10.5 Å². The van der Waals surface area contributed by atoms with E-state index in [1.807, 2.05) is 12.1 Å². The van der Waals surface area contributed by atoms with Crippen LogP contribution in [-0.4, -0.2) is 13.1 Å². The van der Waals surface area contributed by atoms with Crippen molar-refractivity contribution in [1.82, 2.24) is 0 Å². The molecule has 2 aromatic rings. The molecule has 0 radical (unpaired) electrons. The summed E-state index contributed by atoms with van der Waals surface area (Å²) < 4.78 is 10.3. The summed E-state index contributed by atoms with van der Waals surface area (Å²) in [5.74, 6) is -0.0806. The molecule has 0 spiro atoms. The Morgan fingerprint density at radius 3 is 2.75 bits per heavy atom. The molecule has 2 N–H and O–H groups in total. The maximum atomic E-state index is 11.6. The summed E-state index contributed by atoms with van der Waals surface area (Å²) in [5.41, 5.74) is 7.46. The van der Waals surface area contributed by atoms with Gasteiger partial charge in [0.1, 0.15) is 17.9 Å². The highest BCUT2D eigenvalue weighted by Crippen LogP contribution is 2.24. The molecule has 0 amide bonds. The van der Waals surface area contributed by atoms with Gasteiger partial charge in [0, 0.05) is 16.8 Å². The first-order valence-electron chi connectivity index (χ1n) is 5.95. The van der Waals surface area contributed by atoms with Gasteiger partial charge in [0.05, 0.1) is 7.11 Å². The SMILES string of the molecule is COC(=O)c1ccc(N)cc1OCc1cccc(Cl)c1. The lowest BCUT2D eigenvalue weighted by Gasteiger charge is -2.11. The molecule has 20 heavy (non-hydrogen) atoms. The molecule has 4 nitrogen and oxygen atoms in total. The predicted octanol–water partition coefficient (Wildman–Crippen LogP) is 3.29. The van der Waals surface area contributed by atoms with E-state index in [2.05, 4.69) is 0 Å². The quantitative estimate of drug-likeness (QED) is 0.693. The summed E-state index contributed by atoms with van der Waals surface area (Å²) in [5, 5.41) is 0.631. The summed E-state index contributed by atoms with van der Waals surface area (Å²) in [4.78, 5) is 11.6. The molecule has 0 saturated carbocycles. The molecule has 0 aliphatic heterocycles. The predicted molar refractivity (Wildman–Crippen MR) is 78.0 cm³/mol. The molecular formula is C15H14ClNO3. The first kappa shape index (κ1) is 14.2. The number of esters is 1. The van der Waals surface area contributed by atoms with Crippen LogP contribution in [0.15, 0.2) is 42.5 Å². The molecule has 0 saturated heterocycles. The summed E-state index contributed by atoms with van der Waals surface area (Å²) >= 11 is 5.91. The van der Waals surface area contributed by atoms with Gasteiger partial charge in [-0.05, 0) is 29.8 Å². The minimum absolute atomic E-state index is 0.286. The topological polar surface area (TPSA) is 61.5 Å². The van der Waals surface area contributed by atoms with Crippen molar-refractivity contribution >= 4 is 23.3 Å². The molecule has 0 fully saturated rings. The van der Waals surface area contributed by atoms with Crippen LogP contribution in [0.2, 0.25) is 5.02 Å². The third-order valence-corrected chi connectivity index (χ3v) is 2.93. The Labute approximate surface area is 122 Å². The number of carbonyl (C=O) groups excluding carboxylic acids is 1. The lowest BCUT2D eigenvalue weighted by Crippen LogP contribution is -2.06. The van der Waals surface area contributed by atoms with Gasteiger partial charge in [-0.25, -0.2) is 4.79 Å². The molecule has 104 valence electrons. The largest absolute Gasteiger partial charge is 0.488 e. The Balaban J connectivity index is 2.20. The zero-order chi connectivity index (χ0) is 14.5. The third kappa shape index (κ3) is 3.42. The van der Waals surface area contributed by atoms with Crippen LogP contribution in [0.4, 0.5) is 5.69 Å². The van der Waals surface area contributed by atoms with Crippen molar-refractivity contribution < 1.29 is 14.3 Å². The van der Waals surface area contributed by atoms with Crippen molar-refractivity contribution in [3.63, 3.8) is 0 Å². The van der Waals surface area contributed by atoms with Crippen molar-refractivity contribution in [3.8, 4) is 5.75 Å². The van der Waals surface area contributed by atoms with E-state index in [4.69, 9.17) is 26.8 Å². The van der Waals surface area contributed by atoms with Crippen LogP contribution in [0.5, 0.6) is 5.75 Å². The molecular weight excluding hydrogens is 278 g/mol. The monoisotopic (exact) mass is 291 g/mol. The Hall–Kier alpha value is -2.20. The van der Waals surface area contributed by atoms with Crippen LogP contribution in [0, 0.1) is 0 Å². The standard InChI is InChI=1S/C15H14ClNO3/c1-19-15(18)13-6-5-12(17)8-14(13)20-9-10-3-2-4-11(16)7-10/h2-8H,9,17H2,1H3. The van der Waals surface area contributed by atoms with E-state index in [1.54, 1.807) is 30.3 Å². The summed E-state index contributed by atoms with van der Waals surface area (Å²) in [6.07, 6.45) is 0. The Morgan fingerprint density at radius 2 is 2.05 bits per heavy atom. The zero-order valence-corrected chi connectivity index (χ0v) is 11.7. The molecule has 2 aromatic carbocycles. The molecule has 0 aliphatic rings. The molecule has 0 unspecified atom stereocenters. The van der Waals surface area contributed by atoms with Gasteiger partial charge in [-0.3, -0.25) is 0 Å². The smallest absolute Gasteiger partial charge is 0.341 e. The van der Waals surface area contributed by atoms with E-state index >= 15 is 0 Å². The van der Waals surface area contributed by atoms with Gasteiger partial charge in [0.2, 0.25) is 0 Å². The lowest BCUT2D eigenvalue weighted by atomic mass is 10.2. The van der Waals surface area contributed by atoms with E-state index < -0.39 is 5.97 Å². The number of methoxy groups -OCH3 is 1. The molecule has 0 heterocycles. The van der Waals surface area contributed by atoms with Gasteiger partial charge in [0.15, 0.2) is 0 Å². The maximum absolute atomic E-state index is 11.6. The van der Waals surface area contributed by atoms with E-state index in [9.17, 15) is 4.79 Å². The van der Waals surface area contributed by atoms with Crippen LogP contribution in [0.25, 0.3) is 0 Å². The molecule has 0 aromatic heterocycles. The molecule has 0 bridgehead atoms. The number of benzene rings is 2. The van der Waals surface area contributed by atoms with Crippen LogP contribution in [-0.2, 0) is 11.3 Å². The maximum Gasteiger partial charge on any atom is 0.341 e. The molecule has 0 atom stereocenters. The second-order valence-electron chi connectivity index (χ2n) is 4.17. The Bertz CT molecular complexity index is 628. The highest BCUT2D eigenvalue weighted by atomic mass is 35.5. The van der Waals surface area contributed by atoms with Crippen LogP contribution in [0.1, 0.15) is 15.9 Å². The van der Waals surface area contributed by atoms with Crippen molar-refractivity contribution in [2.45, 2.75) is 6.61 Å². The minimum atomic E-state index is -0.467. The van der Waals surface area contributed by atoms with E-state index in [0.29, 0.717) is 22.0 Å². The zero-order valence-electron chi connectivity index (χ0n) is 10.9. The van der Waals surface area contributed by atoms with E-state index in [-0.39, 0.29) is 6.61 Å².